The molecule has 3 heteroatoms. The molecule has 14 heavy (non-hydrogen) atoms. The van der Waals surface area contributed by atoms with Crippen molar-refractivity contribution in [2.75, 3.05) is 0 Å². The molecule has 0 amide bonds. The van der Waals surface area contributed by atoms with Gasteiger partial charge >= 0.3 is 5.97 Å². The zero-order chi connectivity index (χ0) is 11.1. The smallest absolute Gasteiger partial charge is 0.309 e. The van der Waals surface area contributed by atoms with E-state index in [4.69, 9.17) is 10.5 Å². The highest BCUT2D eigenvalue weighted by Gasteiger charge is 2.16. The summed E-state index contributed by atoms with van der Waals surface area (Å²) >= 11 is 0. The zero-order valence-electron chi connectivity index (χ0n) is 9.34. The van der Waals surface area contributed by atoms with E-state index in [9.17, 15) is 4.79 Å². The van der Waals surface area contributed by atoms with Crippen molar-refractivity contribution in [3.63, 3.8) is 0 Å². The third kappa shape index (κ3) is 5.00. The fourth-order valence-corrected chi connectivity index (χ4v) is 1.65. The lowest BCUT2D eigenvalue weighted by Crippen LogP contribution is -2.16. The van der Waals surface area contributed by atoms with Crippen molar-refractivity contribution in [1.29, 1.82) is 5.41 Å². The summed E-state index contributed by atoms with van der Waals surface area (Å²) in [5.74, 6) is 0.148. The molecule has 0 aliphatic carbocycles. The summed E-state index contributed by atoms with van der Waals surface area (Å²) in [6.45, 7) is 6.40. The van der Waals surface area contributed by atoms with Gasteiger partial charge in [-0.1, -0.05) is 33.6 Å². The maximum absolute atomic E-state index is 10.4. The predicted octanol–water partition coefficient (Wildman–Crippen LogP) is 2.94. The third-order valence-corrected chi connectivity index (χ3v) is 2.85. The number of carboxylic acids is 1. The molecule has 0 aromatic rings. The van der Waals surface area contributed by atoms with E-state index in [0.717, 1.165) is 12.8 Å². The minimum atomic E-state index is -0.894. The van der Waals surface area contributed by atoms with E-state index in [1.165, 1.54) is 0 Å². The van der Waals surface area contributed by atoms with Crippen LogP contribution in [0.4, 0.5) is 0 Å². The molecule has 0 aromatic heterocycles. The summed E-state index contributed by atoms with van der Waals surface area (Å²) in [4.78, 5) is 10.4. The molecule has 0 saturated carbocycles. The molecule has 0 rings (SSSR count). The monoisotopic (exact) mass is 199 g/mol. The Labute approximate surface area is 86.0 Å². The van der Waals surface area contributed by atoms with E-state index in [-0.39, 0.29) is 6.42 Å². The molecule has 0 radical (unpaired) electrons. The predicted molar refractivity (Wildman–Crippen MR) is 57.8 cm³/mol. The van der Waals surface area contributed by atoms with Crippen LogP contribution in [0.3, 0.4) is 0 Å². The Morgan fingerprint density at radius 2 is 1.93 bits per heavy atom. The molecule has 0 fully saturated rings. The summed E-state index contributed by atoms with van der Waals surface area (Å²) in [5.41, 5.74) is 0.352. The van der Waals surface area contributed by atoms with Crippen molar-refractivity contribution < 1.29 is 9.90 Å². The lowest BCUT2D eigenvalue weighted by molar-refractivity contribution is -0.135. The van der Waals surface area contributed by atoms with E-state index in [0.29, 0.717) is 24.0 Å². The van der Waals surface area contributed by atoms with Gasteiger partial charge in [-0.25, -0.2) is 0 Å². The van der Waals surface area contributed by atoms with Gasteiger partial charge in [0.25, 0.3) is 0 Å². The summed E-state index contributed by atoms with van der Waals surface area (Å²) in [5, 5.41) is 16.1. The molecule has 0 aliphatic heterocycles. The SMILES string of the molecule is CCC(C)C(CC)CC(=N)CC(=O)O. The lowest BCUT2D eigenvalue weighted by Gasteiger charge is -2.21. The Morgan fingerprint density at radius 3 is 2.29 bits per heavy atom. The van der Waals surface area contributed by atoms with Crippen LogP contribution >= 0.6 is 0 Å². The molecule has 0 bridgehead atoms. The van der Waals surface area contributed by atoms with Crippen molar-refractivity contribution in [3.8, 4) is 0 Å². The first-order valence-electron chi connectivity index (χ1n) is 5.29. The van der Waals surface area contributed by atoms with E-state index in [1.54, 1.807) is 0 Å². The number of aliphatic carboxylic acids is 1. The Morgan fingerprint density at radius 1 is 1.36 bits per heavy atom. The van der Waals surface area contributed by atoms with E-state index < -0.39 is 5.97 Å². The Bertz CT molecular complexity index is 201. The van der Waals surface area contributed by atoms with Gasteiger partial charge in [0.15, 0.2) is 0 Å². The van der Waals surface area contributed by atoms with Gasteiger partial charge < -0.3 is 10.5 Å². The van der Waals surface area contributed by atoms with Gasteiger partial charge in [0.1, 0.15) is 0 Å². The van der Waals surface area contributed by atoms with Gasteiger partial charge in [0.2, 0.25) is 0 Å². The minimum absolute atomic E-state index is 0.104. The number of hydrogen-bond acceptors (Lipinski definition) is 2. The van der Waals surface area contributed by atoms with Crippen LogP contribution in [0.2, 0.25) is 0 Å². The van der Waals surface area contributed by atoms with Gasteiger partial charge in [-0.05, 0) is 18.3 Å². The van der Waals surface area contributed by atoms with Gasteiger partial charge in [-0.15, -0.1) is 0 Å². The largest absolute Gasteiger partial charge is 0.481 e. The average Bonchev–Trinajstić information content (AvgIpc) is 2.11. The number of carboxylic acid groups (broad SMARTS) is 1. The molecule has 0 saturated heterocycles. The fourth-order valence-electron chi connectivity index (χ4n) is 1.65. The second-order valence-corrected chi connectivity index (χ2v) is 3.93. The van der Waals surface area contributed by atoms with Crippen molar-refractivity contribution in [2.45, 2.75) is 46.5 Å². The highest BCUT2D eigenvalue weighted by Crippen LogP contribution is 2.22. The number of carbonyl (C=O) groups is 1. The van der Waals surface area contributed by atoms with Crippen LogP contribution in [0, 0.1) is 17.2 Å². The molecule has 0 aromatic carbocycles. The molecule has 2 N–H and O–H groups in total. The van der Waals surface area contributed by atoms with Crippen LogP contribution in [0.1, 0.15) is 46.5 Å². The normalized spacial score (nSPS) is 14.8. The lowest BCUT2D eigenvalue weighted by atomic mass is 9.85. The molecule has 82 valence electrons. The third-order valence-electron chi connectivity index (χ3n) is 2.85. The van der Waals surface area contributed by atoms with Crippen LogP contribution in [0.15, 0.2) is 0 Å². The highest BCUT2D eigenvalue weighted by molar-refractivity contribution is 5.96. The van der Waals surface area contributed by atoms with Crippen molar-refractivity contribution >= 4 is 11.7 Å². The van der Waals surface area contributed by atoms with Crippen molar-refractivity contribution in [3.05, 3.63) is 0 Å². The number of nitrogens with one attached hydrogen (secondary N) is 1. The van der Waals surface area contributed by atoms with E-state index in [1.807, 2.05) is 0 Å². The first-order chi connectivity index (χ1) is 6.51. The fraction of sp³-hybridized carbons (Fsp3) is 0.818. The van der Waals surface area contributed by atoms with Crippen molar-refractivity contribution in [1.82, 2.24) is 0 Å². The van der Waals surface area contributed by atoms with Crippen LogP contribution in [0.5, 0.6) is 0 Å². The van der Waals surface area contributed by atoms with Crippen LogP contribution < -0.4 is 0 Å². The Hall–Kier alpha value is -0.860. The summed E-state index contributed by atoms with van der Waals surface area (Å²) in [7, 11) is 0. The minimum Gasteiger partial charge on any atom is -0.481 e. The second kappa shape index (κ2) is 6.57. The van der Waals surface area contributed by atoms with Crippen LogP contribution in [-0.2, 0) is 4.79 Å². The Kier molecular flexibility index (Phi) is 6.17. The molecule has 2 atom stereocenters. The van der Waals surface area contributed by atoms with Crippen LogP contribution in [-0.4, -0.2) is 16.8 Å². The van der Waals surface area contributed by atoms with E-state index in [2.05, 4.69) is 20.8 Å². The highest BCUT2D eigenvalue weighted by atomic mass is 16.4. The average molecular weight is 199 g/mol. The molecular formula is C11H21NO2. The first kappa shape index (κ1) is 13.1. The molecule has 3 nitrogen and oxygen atoms in total. The molecule has 2 unspecified atom stereocenters. The number of hydrogen-bond donors (Lipinski definition) is 2. The maximum atomic E-state index is 10.4. The maximum Gasteiger partial charge on any atom is 0.309 e. The quantitative estimate of drug-likeness (QED) is 0.619. The van der Waals surface area contributed by atoms with Gasteiger partial charge in [-0.2, -0.15) is 0 Å². The summed E-state index contributed by atoms with van der Waals surface area (Å²) in [6, 6.07) is 0. The molecule has 0 heterocycles. The van der Waals surface area contributed by atoms with Gasteiger partial charge in [0, 0.05) is 5.71 Å². The topological polar surface area (TPSA) is 61.2 Å². The molecular weight excluding hydrogens is 178 g/mol. The summed E-state index contributed by atoms with van der Waals surface area (Å²) in [6.07, 6.45) is 2.65. The van der Waals surface area contributed by atoms with Gasteiger partial charge in [0.05, 0.1) is 6.42 Å². The van der Waals surface area contributed by atoms with Crippen molar-refractivity contribution in [2.24, 2.45) is 11.8 Å². The van der Waals surface area contributed by atoms with Gasteiger partial charge in [-0.3, -0.25) is 4.79 Å². The standard InChI is InChI=1S/C11H21NO2/c1-4-8(3)9(5-2)6-10(12)7-11(13)14/h8-9,12H,4-7H2,1-3H3,(H,13,14). The number of rotatable bonds is 7. The first-order valence-corrected chi connectivity index (χ1v) is 5.29. The second-order valence-electron chi connectivity index (χ2n) is 3.93. The Balaban J connectivity index is 4.04. The van der Waals surface area contributed by atoms with Crippen LogP contribution in [0.25, 0.3) is 0 Å². The zero-order valence-corrected chi connectivity index (χ0v) is 9.34. The molecule has 0 spiro atoms. The molecule has 0 aliphatic rings. The van der Waals surface area contributed by atoms with E-state index >= 15 is 0 Å². The summed E-state index contributed by atoms with van der Waals surface area (Å²) < 4.78 is 0.